The van der Waals surface area contributed by atoms with Gasteiger partial charge in [-0.25, -0.2) is 0 Å². The Morgan fingerprint density at radius 1 is 1.06 bits per heavy atom. The molecule has 9 heteroatoms. The first-order valence-electron chi connectivity index (χ1n) is 12.2. The van der Waals surface area contributed by atoms with Gasteiger partial charge < -0.3 is 9.47 Å². The van der Waals surface area contributed by atoms with Crippen molar-refractivity contribution in [2.45, 2.75) is 51.9 Å². The molecule has 1 fully saturated rings. The standard InChI is InChI=1S/C26H30N8O/c1-4-19-16-34(23-13-25(35)31(3)24-17-33(11-8-27)30-26(23)24)20(5-2)15-32(19)14-18-6-7-21-22(12-18)29-10-9-28-21/h6-7,9-10,12-13,17,19-20H,4-5,11,14-16H2,1-3H3/t19-,20+/m1/s1. The van der Waals surface area contributed by atoms with Gasteiger partial charge in [0.15, 0.2) is 0 Å². The van der Waals surface area contributed by atoms with Crippen molar-refractivity contribution in [3.8, 4) is 6.07 Å². The van der Waals surface area contributed by atoms with Gasteiger partial charge in [0.1, 0.15) is 12.1 Å². The minimum atomic E-state index is -0.0633. The normalized spacial score (nSPS) is 18.9. The zero-order valence-electron chi connectivity index (χ0n) is 20.4. The Hall–Kier alpha value is -3.77. The van der Waals surface area contributed by atoms with Crippen molar-refractivity contribution in [2.24, 2.45) is 7.05 Å². The van der Waals surface area contributed by atoms with E-state index in [0.29, 0.717) is 6.04 Å². The molecule has 1 aromatic carbocycles. The lowest BCUT2D eigenvalue weighted by Gasteiger charge is -2.47. The summed E-state index contributed by atoms with van der Waals surface area (Å²) in [6, 6.07) is 10.7. The van der Waals surface area contributed by atoms with Crippen LogP contribution in [-0.2, 0) is 20.1 Å². The molecule has 0 bridgehead atoms. The highest BCUT2D eigenvalue weighted by atomic mass is 16.1. The van der Waals surface area contributed by atoms with Crippen LogP contribution in [0.15, 0.2) is 47.7 Å². The number of pyridine rings is 1. The zero-order chi connectivity index (χ0) is 24.5. The van der Waals surface area contributed by atoms with Crippen molar-refractivity contribution in [3.63, 3.8) is 0 Å². The molecule has 9 nitrogen and oxygen atoms in total. The third-order valence-electron chi connectivity index (χ3n) is 7.15. The van der Waals surface area contributed by atoms with Gasteiger partial charge in [-0.05, 0) is 30.5 Å². The van der Waals surface area contributed by atoms with Crippen molar-refractivity contribution >= 4 is 27.8 Å². The van der Waals surface area contributed by atoms with Crippen molar-refractivity contribution < 1.29 is 0 Å². The van der Waals surface area contributed by atoms with E-state index in [0.717, 1.165) is 60.2 Å². The third-order valence-corrected chi connectivity index (χ3v) is 7.15. The quantitative estimate of drug-likeness (QED) is 0.427. The summed E-state index contributed by atoms with van der Waals surface area (Å²) in [5.74, 6) is 0. The summed E-state index contributed by atoms with van der Waals surface area (Å²) in [5, 5.41) is 13.8. The molecule has 0 spiro atoms. The number of aryl methyl sites for hydroxylation is 1. The van der Waals surface area contributed by atoms with Crippen molar-refractivity contribution in [3.05, 3.63) is 58.8 Å². The number of anilines is 1. The number of hydrogen-bond donors (Lipinski definition) is 0. The summed E-state index contributed by atoms with van der Waals surface area (Å²) in [7, 11) is 1.75. The molecular weight excluding hydrogens is 440 g/mol. The largest absolute Gasteiger partial charge is 0.364 e. The van der Waals surface area contributed by atoms with Crippen molar-refractivity contribution in [1.29, 1.82) is 5.26 Å². The summed E-state index contributed by atoms with van der Waals surface area (Å²) >= 11 is 0. The number of nitriles is 1. The number of nitrogens with zero attached hydrogens (tertiary/aromatic N) is 8. The van der Waals surface area contributed by atoms with Gasteiger partial charge in [0.05, 0.1) is 34.5 Å². The molecule has 1 aliphatic rings. The Bertz CT molecular complexity index is 1470. The number of rotatable bonds is 6. The second-order valence-electron chi connectivity index (χ2n) is 9.23. The molecule has 0 unspecified atom stereocenters. The average molecular weight is 471 g/mol. The summed E-state index contributed by atoms with van der Waals surface area (Å²) in [4.78, 5) is 26.6. The first kappa shape index (κ1) is 23.0. The van der Waals surface area contributed by atoms with E-state index < -0.39 is 0 Å². The highest BCUT2D eigenvalue weighted by Gasteiger charge is 2.34. The monoisotopic (exact) mass is 470 g/mol. The van der Waals surface area contributed by atoms with Gasteiger partial charge in [-0.3, -0.25) is 24.3 Å². The number of fused-ring (bicyclic) bond motifs is 2. The van der Waals surface area contributed by atoms with Gasteiger partial charge in [0, 0.05) is 57.2 Å². The first-order valence-corrected chi connectivity index (χ1v) is 12.2. The molecule has 2 atom stereocenters. The molecule has 180 valence electrons. The van der Waals surface area contributed by atoms with Gasteiger partial charge in [0.25, 0.3) is 5.56 Å². The lowest BCUT2D eigenvalue weighted by Crippen LogP contribution is -2.58. The van der Waals surface area contributed by atoms with E-state index >= 15 is 0 Å². The predicted molar refractivity (Wildman–Crippen MR) is 136 cm³/mol. The minimum absolute atomic E-state index is 0.0633. The van der Waals surface area contributed by atoms with E-state index in [9.17, 15) is 4.79 Å². The Kier molecular flexibility index (Phi) is 6.22. The first-order chi connectivity index (χ1) is 17.0. The molecule has 0 radical (unpaired) electrons. The van der Waals surface area contributed by atoms with Crippen LogP contribution in [0, 0.1) is 11.3 Å². The Morgan fingerprint density at radius 3 is 2.57 bits per heavy atom. The molecule has 0 amide bonds. The highest BCUT2D eigenvalue weighted by molar-refractivity contribution is 5.88. The molecule has 1 saturated heterocycles. The average Bonchev–Trinajstić information content (AvgIpc) is 3.30. The number of hydrogen-bond acceptors (Lipinski definition) is 7. The fourth-order valence-corrected chi connectivity index (χ4v) is 5.19. The summed E-state index contributed by atoms with van der Waals surface area (Å²) in [6.07, 6.45) is 7.19. The van der Waals surface area contributed by atoms with Crippen LogP contribution in [-0.4, -0.2) is 54.4 Å². The highest BCUT2D eigenvalue weighted by Crippen LogP contribution is 2.31. The van der Waals surface area contributed by atoms with E-state index in [1.54, 1.807) is 41.0 Å². The second kappa shape index (κ2) is 9.47. The predicted octanol–water partition coefficient (Wildman–Crippen LogP) is 3.08. The van der Waals surface area contributed by atoms with Crippen LogP contribution in [0.5, 0.6) is 0 Å². The van der Waals surface area contributed by atoms with Crippen molar-refractivity contribution in [2.75, 3.05) is 18.0 Å². The minimum Gasteiger partial charge on any atom is -0.364 e. The van der Waals surface area contributed by atoms with Crippen molar-refractivity contribution in [1.82, 2.24) is 29.2 Å². The SMILES string of the molecule is CC[C@@H]1CN(c2cc(=O)n(C)c3cn(CC#N)nc23)[C@@H](CC)CN1Cc1ccc2nccnc2c1. The van der Waals surface area contributed by atoms with Crippen LogP contribution in [0.4, 0.5) is 5.69 Å². The van der Waals surface area contributed by atoms with Crippen LogP contribution in [0.2, 0.25) is 0 Å². The van der Waals surface area contributed by atoms with Gasteiger partial charge >= 0.3 is 0 Å². The van der Waals surface area contributed by atoms with Gasteiger partial charge in [-0.2, -0.15) is 10.4 Å². The molecule has 1 aliphatic heterocycles. The smallest absolute Gasteiger partial charge is 0.252 e. The Labute approximate surface area is 204 Å². The molecule has 35 heavy (non-hydrogen) atoms. The van der Waals surface area contributed by atoms with Gasteiger partial charge in [-0.1, -0.05) is 19.9 Å². The van der Waals surface area contributed by atoms with Crippen LogP contribution in [0.3, 0.4) is 0 Å². The molecule has 5 rings (SSSR count). The maximum Gasteiger partial charge on any atom is 0.252 e. The lowest BCUT2D eigenvalue weighted by molar-refractivity contribution is 0.136. The summed E-state index contributed by atoms with van der Waals surface area (Å²) in [6.45, 7) is 7.12. The number of aromatic nitrogens is 5. The Morgan fingerprint density at radius 2 is 1.83 bits per heavy atom. The van der Waals surface area contributed by atoms with E-state index in [-0.39, 0.29) is 18.1 Å². The molecule has 4 aromatic rings. The second-order valence-corrected chi connectivity index (χ2v) is 9.23. The van der Waals surface area contributed by atoms with E-state index in [1.807, 2.05) is 6.07 Å². The van der Waals surface area contributed by atoms with Crippen LogP contribution in [0.25, 0.3) is 22.1 Å². The van der Waals surface area contributed by atoms with Crippen LogP contribution >= 0.6 is 0 Å². The number of piperazine rings is 1. The van der Waals surface area contributed by atoms with Crippen LogP contribution in [0.1, 0.15) is 32.3 Å². The fourth-order valence-electron chi connectivity index (χ4n) is 5.19. The summed E-state index contributed by atoms with van der Waals surface area (Å²) in [5.41, 5.74) is 5.38. The van der Waals surface area contributed by atoms with E-state index in [4.69, 9.17) is 5.26 Å². The zero-order valence-corrected chi connectivity index (χ0v) is 20.4. The maximum atomic E-state index is 12.8. The van der Waals surface area contributed by atoms with Crippen LogP contribution < -0.4 is 10.5 Å². The van der Waals surface area contributed by atoms with E-state index in [1.165, 1.54) is 5.56 Å². The molecule has 3 aromatic heterocycles. The lowest BCUT2D eigenvalue weighted by atomic mass is 10.00. The van der Waals surface area contributed by atoms with E-state index in [2.05, 4.69) is 56.9 Å². The Balaban J connectivity index is 1.47. The van der Waals surface area contributed by atoms with Gasteiger partial charge in [0.2, 0.25) is 0 Å². The maximum absolute atomic E-state index is 12.8. The fraction of sp³-hybridized carbons (Fsp3) is 0.423. The molecular formula is C26H30N8O. The number of benzene rings is 1. The van der Waals surface area contributed by atoms with Gasteiger partial charge in [-0.15, -0.1) is 0 Å². The topological polar surface area (TPSA) is 95.9 Å². The molecule has 0 N–H and O–H groups in total. The third kappa shape index (κ3) is 4.26. The molecule has 0 aliphatic carbocycles. The molecule has 4 heterocycles. The molecule has 0 saturated carbocycles. The summed E-state index contributed by atoms with van der Waals surface area (Å²) < 4.78 is 3.22.